The molecule has 0 spiro atoms. The number of carbonyl (C=O) groups excluding carboxylic acids is 3. The number of hydrogen-bond acceptors (Lipinski definition) is 4. The van der Waals surface area contributed by atoms with Crippen LogP contribution in [-0.2, 0) is 20.9 Å². The number of benzene rings is 1. The zero-order valence-electron chi connectivity index (χ0n) is 18.5. The molecule has 168 valence electrons. The molecule has 0 radical (unpaired) electrons. The second-order valence-corrected chi connectivity index (χ2v) is 8.71. The number of anilines is 1. The molecule has 0 aliphatic carbocycles. The minimum Gasteiger partial charge on any atom is -0.381 e. The first-order valence-corrected chi connectivity index (χ1v) is 11.2. The Hall–Kier alpha value is -2.67. The summed E-state index contributed by atoms with van der Waals surface area (Å²) in [6, 6.07) is 4.82. The van der Waals surface area contributed by atoms with Crippen molar-refractivity contribution in [2.75, 3.05) is 18.5 Å². The van der Waals surface area contributed by atoms with E-state index < -0.39 is 6.04 Å². The summed E-state index contributed by atoms with van der Waals surface area (Å²) in [7, 11) is 0. The molecular weight excluding hydrogens is 394 g/mol. The van der Waals surface area contributed by atoms with Crippen LogP contribution < -0.4 is 10.6 Å². The van der Waals surface area contributed by atoms with Crippen LogP contribution in [0.2, 0.25) is 0 Å². The number of nitrogens with one attached hydrogen (secondary N) is 2. The number of unbranched alkanes of at least 4 members (excludes halogenated alkanes) is 1. The SMILES string of the molecule is C=C1CCC(N2Cc3c(NC(=O)CCCCOCCC(C)C)cccc3C2=O)C(=O)N1. The lowest BCUT2D eigenvalue weighted by atomic mass is 10.0. The van der Waals surface area contributed by atoms with E-state index in [1.807, 2.05) is 6.07 Å². The van der Waals surface area contributed by atoms with Gasteiger partial charge in [0.2, 0.25) is 11.8 Å². The molecule has 31 heavy (non-hydrogen) atoms. The molecule has 1 unspecified atom stereocenters. The molecule has 1 atom stereocenters. The van der Waals surface area contributed by atoms with Gasteiger partial charge in [-0.25, -0.2) is 0 Å². The van der Waals surface area contributed by atoms with Crippen molar-refractivity contribution in [2.24, 2.45) is 5.92 Å². The van der Waals surface area contributed by atoms with Crippen molar-refractivity contribution >= 4 is 23.4 Å². The molecule has 1 saturated heterocycles. The average Bonchev–Trinajstić information content (AvgIpc) is 3.05. The van der Waals surface area contributed by atoms with Gasteiger partial charge in [-0.2, -0.15) is 0 Å². The third-order valence-corrected chi connectivity index (χ3v) is 5.75. The number of rotatable bonds is 10. The van der Waals surface area contributed by atoms with Crippen molar-refractivity contribution in [1.29, 1.82) is 0 Å². The van der Waals surface area contributed by atoms with Crippen LogP contribution >= 0.6 is 0 Å². The van der Waals surface area contributed by atoms with E-state index in [-0.39, 0.29) is 17.7 Å². The van der Waals surface area contributed by atoms with E-state index in [1.54, 1.807) is 17.0 Å². The molecule has 3 rings (SSSR count). The lowest BCUT2D eigenvalue weighted by molar-refractivity contribution is -0.126. The van der Waals surface area contributed by atoms with E-state index in [9.17, 15) is 14.4 Å². The van der Waals surface area contributed by atoms with E-state index in [1.165, 1.54) is 0 Å². The van der Waals surface area contributed by atoms with E-state index in [4.69, 9.17) is 4.74 Å². The normalized spacial score (nSPS) is 18.4. The lowest BCUT2D eigenvalue weighted by Crippen LogP contribution is -2.49. The van der Waals surface area contributed by atoms with E-state index in [0.717, 1.165) is 31.4 Å². The predicted octanol–water partition coefficient (Wildman–Crippen LogP) is 3.61. The molecule has 0 aromatic heterocycles. The van der Waals surface area contributed by atoms with Crippen LogP contribution in [0.15, 0.2) is 30.5 Å². The van der Waals surface area contributed by atoms with Gasteiger partial charge in [-0.3, -0.25) is 14.4 Å². The molecule has 2 aliphatic rings. The van der Waals surface area contributed by atoms with Crippen LogP contribution in [0.25, 0.3) is 0 Å². The lowest BCUT2D eigenvalue weighted by Gasteiger charge is -2.31. The Morgan fingerprint density at radius 2 is 2.10 bits per heavy atom. The highest BCUT2D eigenvalue weighted by atomic mass is 16.5. The highest BCUT2D eigenvalue weighted by molar-refractivity contribution is 6.04. The summed E-state index contributed by atoms with van der Waals surface area (Å²) in [4.78, 5) is 39.3. The Balaban J connectivity index is 1.51. The minimum absolute atomic E-state index is 0.0758. The summed E-state index contributed by atoms with van der Waals surface area (Å²) in [6.07, 6.45) is 4.26. The standard InChI is InChI=1S/C24H33N3O4/c1-16(2)12-14-31-13-5-4-9-22(28)26-20-8-6-7-18-19(20)15-27(24(18)30)21-11-10-17(3)25-23(21)29/h6-8,16,21H,3-5,9-15H2,1-2H3,(H,25,29)(H,26,28). The van der Waals surface area contributed by atoms with Gasteiger partial charge in [0, 0.05) is 48.7 Å². The molecule has 1 aromatic rings. The maximum atomic E-state index is 12.9. The number of carbonyl (C=O) groups is 3. The topological polar surface area (TPSA) is 87.7 Å². The third-order valence-electron chi connectivity index (χ3n) is 5.75. The molecule has 7 heteroatoms. The first-order valence-electron chi connectivity index (χ1n) is 11.2. The number of ether oxygens (including phenoxy) is 1. The third kappa shape index (κ3) is 5.94. The van der Waals surface area contributed by atoms with Crippen molar-refractivity contribution in [3.05, 3.63) is 41.6 Å². The number of hydrogen-bond donors (Lipinski definition) is 2. The zero-order chi connectivity index (χ0) is 22.4. The van der Waals surface area contributed by atoms with Crippen molar-refractivity contribution in [3.63, 3.8) is 0 Å². The molecule has 0 bridgehead atoms. The Morgan fingerprint density at radius 3 is 2.84 bits per heavy atom. The molecule has 3 amide bonds. The molecule has 2 N–H and O–H groups in total. The van der Waals surface area contributed by atoms with Gasteiger partial charge in [0.1, 0.15) is 6.04 Å². The second kappa shape index (κ2) is 10.6. The first-order chi connectivity index (χ1) is 14.9. The smallest absolute Gasteiger partial charge is 0.255 e. The average molecular weight is 428 g/mol. The fourth-order valence-electron chi connectivity index (χ4n) is 3.91. The number of allylic oxidation sites excluding steroid dienone is 1. The molecule has 2 heterocycles. The van der Waals surface area contributed by atoms with Gasteiger partial charge in [-0.05, 0) is 50.2 Å². The summed E-state index contributed by atoms with van der Waals surface area (Å²) in [5.41, 5.74) is 2.65. The highest BCUT2D eigenvalue weighted by Gasteiger charge is 2.39. The monoisotopic (exact) mass is 427 g/mol. The van der Waals surface area contributed by atoms with Gasteiger partial charge in [-0.1, -0.05) is 26.5 Å². The molecular formula is C24H33N3O4. The van der Waals surface area contributed by atoms with Crippen LogP contribution in [-0.4, -0.2) is 41.9 Å². The summed E-state index contributed by atoms with van der Waals surface area (Å²) in [6.45, 7) is 9.88. The van der Waals surface area contributed by atoms with Gasteiger partial charge in [-0.15, -0.1) is 0 Å². The van der Waals surface area contributed by atoms with E-state index >= 15 is 0 Å². The molecule has 1 aromatic carbocycles. The Bertz CT molecular complexity index is 849. The number of amides is 3. The van der Waals surface area contributed by atoms with Gasteiger partial charge in [0.05, 0.1) is 0 Å². The van der Waals surface area contributed by atoms with Gasteiger partial charge >= 0.3 is 0 Å². The van der Waals surface area contributed by atoms with Crippen LogP contribution in [0.1, 0.15) is 68.3 Å². The summed E-state index contributed by atoms with van der Waals surface area (Å²) < 4.78 is 5.59. The summed E-state index contributed by atoms with van der Waals surface area (Å²) in [5.74, 6) is 0.192. The predicted molar refractivity (Wildman–Crippen MR) is 119 cm³/mol. The largest absolute Gasteiger partial charge is 0.381 e. The zero-order valence-corrected chi connectivity index (χ0v) is 18.5. The fraction of sp³-hybridized carbons (Fsp3) is 0.542. The molecule has 7 nitrogen and oxygen atoms in total. The van der Waals surface area contributed by atoms with Gasteiger partial charge in [0.15, 0.2) is 0 Å². The summed E-state index contributed by atoms with van der Waals surface area (Å²) in [5, 5.41) is 5.69. The first kappa shape index (κ1) is 23.0. The fourth-order valence-corrected chi connectivity index (χ4v) is 3.91. The summed E-state index contributed by atoms with van der Waals surface area (Å²) >= 11 is 0. The van der Waals surface area contributed by atoms with Crippen LogP contribution in [0.3, 0.4) is 0 Å². The molecule has 1 fully saturated rings. The maximum absolute atomic E-state index is 12.9. The Kier molecular flexibility index (Phi) is 7.85. The van der Waals surface area contributed by atoms with Gasteiger partial charge < -0.3 is 20.3 Å². The maximum Gasteiger partial charge on any atom is 0.255 e. The van der Waals surface area contributed by atoms with Crippen molar-refractivity contribution in [1.82, 2.24) is 10.2 Å². The minimum atomic E-state index is -0.510. The van der Waals surface area contributed by atoms with Crippen molar-refractivity contribution in [2.45, 2.75) is 65.0 Å². The number of nitrogens with zero attached hydrogens (tertiary/aromatic N) is 1. The van der Waals surface area contributed by atoms with E-state index in [2.05, 4.69) is 31.1 Å². The molecule has 0 saturated carbocycles. The number of fused-ring (bicyclic) bond motifs is 1. The van der Waals surface area contributed by atoms with Gasteiger partial charge in [0.25, 0.3) is 5.91 Å². The van der Waals surface area contributed by atoms with Crippen LogP contribution in [0, 0.1) is 5.92 Å². The quantitative estimate of drug-likeness (QED) is 0.559. The van der Waals surface area contributed by atoms with Crippen LogP contribution in [0.4, 0.5) is 5.69 Å². The molecule has 2 aliphatic heterocycles. The Morgan fingerprint density at radius 1 is 1.29 bits per heavy atom. The van der Waals surface area contributed by atoms with Crippen LogP contribution in [0.5, 0.6) is 0 Å². The van der Waals surface area contributed by atoms with Crippen molar-refractivity contribution in [3.8, 4) is 0 Å². The number of piperidine rings is 1. The second-order valence-electron chi connectivity index (χ2n) is 8.71. The Labute approximate surface area is 184 Å². The van der Waals surface area contributed by atoms with E-state index in [0.29, 0.717) is 55.3 Å². The van der Waals surface area contributed by atoms with Crippen molar-refractivity contribution < 1.29 is 19.1 Å². The highest BCUT2D eigenvalue weighted by Crippen LogP contribution is 2.32.